The largest absolute Gasteiger partial charge is 0.269 e. The van der Waals surface area contributed by atoms with E-state index < -0.39 is 4.92 Å². The number of nitrogens with zero attached hydrogens (tertiary/aromatic N) is 1. The Labute approximate surface area is 122 Å². The van der Waals surface area contributed by atoms with Crippen molar-refractivity contribution in [3.8, 4) is 0 Å². The normalized spacial score (nSPS) is 11.0. The first-order valence-corrected chi connectivity index (χ1v) is 6.64. The van der Waals surface area contributed by atoms with Gasteiger partial charge in [-0.25, -0.2) is 0 Å². The fraction of sp³-hybridized carbons (Fsp3) is 0. The van der Waals surface area contributed by atoms with Crippen molar-refractivity contribution >= 4 is 28.6 Å². The summed E-state index contributed by atoms with van der Waals surface area (Å²) in [6, 6.07) is 21.0. The SMILES string of the molecule is O=[N+]([O-])c1ccc(/C=C/c2ccc3ccccc3c2)cc1. The molecule has 0 aliphatic rings. The summed E-state index contributed by atoms with van der Waals surface area (Å²) in [6.07, 6.45) is 3.96. The van der Waals surface area contributed by atoms with Gasteiger partial charge in [0.25, 0.3) is 5.69 Å². The van der Waals surface area contributed by atoms with Crippen LogP contribution in [0.1, 0.15) is 11.1 Å². The van der Waals surface area contributed by atoms with Gasteiger partial charge in [0.05, 0.1) is 4.92 Å². The van der Waals surface area contributed by atoms with Crippen LogP contribution in [0, 0.1) is 10.1 Å². The molecule has 0 heterocycles. The van der Waals surface area contributed by atoms with E-state index in [1.807, 2.05) is 24.3 Å². The van der Waals surface area contributed by atoms with Crippen molar-refractivity contribution in [2.75, 3.05) is 0 Å². The Bertz CT molecular complexity index is 820. The topological polar surface area (TPSA) is 43.1 Å². The van der Waals surface area contributed by atoms with Gasteiger partial charge in [-0.05, 0) is 40.1 Å². The molecule has 0 saturated heterocycles. The molecule has 0 fully saturated rings. The summed E-state index contributed by atoms with van der Waals surface area (Å²) in [5, 5.41) is 13.0. The fourth-order valence-electron chi connectivity index (χ4n) is 2.21. The molecule has 0 unspecified atom stereocenters. The zero-order valence-corrected chi connectivity index (χ0v) is 11.3. The summed E-state index contributed by atoms with van der Waals surface area (Å²) in [6.45, 7) is 0. The molecule has 3 aromatic carbocycles. The second kappa shape index (κ2) is 5.59. The number of nitro groups is 1. The monoisotopic (exact) mass is 275 g/mol. The summed E-state index contributed by atoms with van der Waals surface area (Å²) in [7, 11) is 0. The Morgan fingerprint density at radius 2 is 1.38 bits per heavy atom. The molecule has 0 aromatic heterocycles. The van der Waals surface area contributed by atoms with Crippen LogP contribution in [-0.2, 0) is 0 Å². The maximum Gasteiger partial charge on any atom is 0.269 e. The highest BCUT2D eigenvalue weighted by molar-refractivity contribution is 5.85. The van der Waals surface area contributed by atoms with E-state index in [0.29, 0.717) is 0 Å². The van der Waals surface area contributed by atoms with E-state index in [1.54, 1.807) is 12.1 Å². The van der Waals surface area contributed by atoms with Gasteiger partial charge in [-0.2, -0.15) is 0 Å². The molecule has 3 heteroatoms. The molecule has 0 saturated carbocycles. The molecule has 102 valence electrons. The molecule has 0 bridgehead atoms. The van der Waals surface area contributed by atoms with Crippen molar-refractivity contribution in [3.63, 3.8) is 0 Å². The van der Waals surface area contributed by atoms with Gasteiger partial charge in [0.2, 0.25) is 0 Å². The van der Waals surface area contributed by atoms with Crippen molar-refractivity contribution in [1.29, 1.82) is 0 Å². The fourth-order valence-corrected chi connectivity index (χ4v) is 2.21. The van der Waals surface area contributed by atoms with E-state index in [4.69, 9.17) is 0 Å². The van der Waals surface area contributed by atoms with Crippen LogP contribution >= 0.6 is 0 Å². The molecule has 3 nitrogen and oxygen atoms in total. The lowest BCUT2D eigenvalue weighted by Crippen LogP contribution is -1.86. The van der Waals surface area contributed by atoms with Crippen LogP contribution in [0.3, 0.4) is 0 Å². The summed E-state index contributed by atoms with van der Waals surface area (Å²) in [5.74, 6) is 0. The molecule has 3 aromatic rings. The van der Waals surface area contributed by atoms with E-state index >= 15 is 0 Å². The predicted octanol–water partition coefficient (Wildman–Crippen LogP) is 4.92. The van der Waals surface area contributed by atoms with Crippen molar-refractivity contribution in [1.82, 2.24) is 0 Å². The van der Waals surface area contributed by atoms with Crippen molar-refractivity contribution in [2.45, 2.75) is 0 Å². The van der Waals surface area contributed by atoms with E-state index in [1.165, 1.54) is 22.9 Å². The Hall–Kier alpha value is -2.94. The molecule has 21 heavy (non-hydrogen) atoms. The van der Waals surface area contributed by atoms with Crippen LogP contribution in [0.2, 0.25) is 0 Å². The quantitative estimate of drug-likeness (QED) is 0.387. The van der Waals surface area contributed by atoms with Gasteiger partial charge >= 0.3 is 0 Å². The number of hydrogen-bond donors (Lipinski definition) is 0. The first kappa shape index (κ1) is 13.1. The van der Waals surface area contributed by atoms with Crippen molar-refractivity contribution in [2.24, 2.45) is 0 Å². The van der Waals surface area contributed by atoms with Gasteiger partial charge in [-0.3, -0.25) is 10.1 Å². The van der Waals surface area contributed by atoms with Gasteiger partial charge in [0.15, 0.2) is 0 Å². The molecular formula is C18H13NO2. The van der Waals surface area contributed by atoms with Gasteiger partial charge in [0.1, 0.15) is 0 Å². The summed E-state index contributed by atoms with van der Waals surface area (Å²) in [4.78, 5) is 10.2. The van der Waals surface area contributed by atoms with Crippen LogP contribution in [-0.4, -0.2) is 4.92 Å². The molecule has 0 radical (unpaired) electrons. The number of nitro benzene ring substituents is 1. The zero-order valence-electron chi connectivity index (χ0n) is 11.3. The zero-order chi connectivity index (χ0) is 14.7. The minimum absolute atomic E-state index is 0.109. The number of fused-ring (bicyclic) bond motifs is 1. The highest BCUT2D eigenvalue weighted by atomic mass is 16.6. The van der Waals surface area contributed by atoms with Crippen LogP contribution in [0.5, 0.6) is 0 Å². The Balaban J connectivity index is 1.85. The third-order valence-electron chi connectivity index (χ3n) is 3.35. The molecule has 0 atom stereocenters. The predicted molar refractivity (Wildman–Crippen MR) is 86.0 cm³/mol. The smallest absolute Gasteiger partial charge is 0.258 e. The molecule has 0 aliphatic carbocycles. The first-order chi connectivity index (χ1) is 10.2. The van der Waals surface area contributed by atoms with E-state index in [-0.39, 0.29) is 5.69 Å². The minimum Gasteiger partial charge on any atom is -0.258 e. The van der Waals surface area contributed by atoms with E-state index in [9.17, 15) is 10.1 Å². The second-order valence-electron chi connectivity index (χ2n) is 4.79. The Morgan fingerprint density at radius 1 is 0.762 bits per heavy atom. The highest BCUT2D eigenvalue weighted by Crippen LogP contribution is 2.18. The number of hydrogen-bond acceptors (Lipinski definition) is 2. The van der Waals surface area contributed by atoms with E-state index in [0.717, 1.165) is 11.1 Å². The molecule has 0 N–H and O–H groups in total. The first-order valence-electron chi connectivity index (χ1n) is 6.64. The summed E-state index contributed by atoms with van der Waals surface area (Å²) >= 11 is 0. The van der Waals surface area contributed by atoms with Crippen LogP contribution < -0.4 is 0 Å². The molecule has 3 rings (SSSR count). The third-order valence-corrected chi connectivity index (χ3v) is 3.35. The van der Waals surface area contributed by atoms with Gasteiger partial charge in [-0.1, -0.05) is 48.6 Å². The molecule has 0 amide bonds. The molecular weight excluding hydrogens is 262 g/mol. The third kappa shape index (κ3) is 2.98. The summed E-state index contributed by atoms with van der Waals surface area (Å²) in [5.41, 5.74) is 2.15. The van der Waals surface area contributed by atoms with Crippen LogP contribution in [0.25, 0.3) is 22.9 Å². The lowest BCUT2D eigenvalue weighted by atomic mass is 10.1. The van der Waals surface area contributed by atoms with E-state index in [2.05, 4.69) is 30.3 Å². The van der Waals surface area contributed by atoms with Crippen LogP contribution in [0.15, 0.2) is 66.7 Å². The average Bonchev–Trinajstić information content (AvgIpc) is 2.53. The standard InChI is InChI=1S/C18H13NO2/c20-19(21)18-11-8-14(9-12-18)5-6-15-7-10-16-3-1-2-4-17(16)13-15/h1-13H/b6-5+. The van der Waals surface area contributed by atoms with Gasteiger partial charge in [0, 0.05) is 12.1 Å². The second-order valence-corrected chi connectivity index (χ2v) is 4.79. The lowest BCUT2D eigenvalue weighted by molar-refractivity contribution is -0.384. The molecule has 0 aliphatic heterocycles. The summed E-state index contributed by atoms with van der Waals surface area (Å²) < 4.78 is 0. The van der Waals surface area contributed by atoms with Gasteiger partial charge < -0.3 is 0 Å². The maximum atomic E-state index is 10.6. The van der Waals surface area contributed by atoms with Crippen molar-refractivity contribution in [3.05, 3.63) is 88.0 Å². The van der Waals surface area contributed by atoms with Crippen LogP contribution in [0.4, 0.5) is 5.69 Å². The number of non-ortho nitro benzene ring substituents is 1. The Kier molecular flexibility index (Phi) is 3.48. The minimum atomic E-state index is -0.392. The number of rotatable bonds is 3. The lowest BCUT2D eigenvalue weighted by Gasteiger charge is -1.99. The Morgan fingerprint density at radius 3 is 2.10 bits per heavy atom. The number of benzene rings is 3. The van der Waals surface area contributed by atoms with Gasteiger partial charge in [-0.15, -0.1) is 0 Å². The molecule has 0 spiro atoms. The maximum absolute atomic E-state index is 10.6. The average molecular weight is 275 g/mol. The van der Waals surface area contributed by atoms with Crippen molar-refractivity contribution < 1.29 is 4.92 Å². The highest BCUT2D eigenvalue weighted by Gasteiger charge is 2.02.